The number of benzene rings is 1. The van der Waals surface area contributed by atoms with Gasteiger partial charge in [0.15, 0.2) is 5.65 Å². The number of amides is 1. The molecule has 0 unspecified atom stereocenters. The molecular weight excluding hydrogens is 396 g/mol. The molecule has 3 heterocycles. The van der Waals surface area contributed by atoms with Crippen LogP contribution in [0.25, 0.3) is 5.65 Å². The van der Waals surface area contributed by atoms with E-state index in [2.05, 4.69) is 20.7 Å². The summed E-state index contributed by atoms with van der Waals surface area (Å²) in [4.78, 5) is 18.4. The van der Waals surface area contributed by atoms with E-state index < -0.39 is 0 Å². The average molecular weight is 422 g/mol. The third-order valence-corrected chi connectivity index (χ3v) is 6.01. The van der Waals surface area contributed by atoms with Crippen LogP contribution < -0.4 is 15.5 Å². The number of aliphatic hydroxyl groups is 2. The van der Waals surface area contributed by atoms with Gasteiger partial charge in [0.25, 0.3) is 0 Å². The van der Waals surface area contributed by atoms with Crippen molar-refractivity contribution in [3.05, 3.63) is 42.0 Å². The molecule has 9 heteroatoms. The Balaban J connectivity index is 1.37. The molecule has 31 heavy (non-hydrogen) atoms. The first-order valence-electron chi connectivity index (χ1n) is 10.7. The van der Waals surface area contributed by atoms with Crippen LogP contribution in [0.4, 0.5) is 23.1 Å². The van der Waals surface area contributed by atoms with E-state index in [0.29, 0.717) is 18.4 Å². The maximum Gasteiger partial charge on any atom is 0.247 e. The van der Waals surface area contributed by atoms with Gasteiger partial charge in [-0.2, -0.15) is 9.50 Å². The molecule has 1 saturated carbocycles. The van der Waals surface area contributed by atoms with E-state index in [-0.39, 0.29) is 25.2 Å². The zero-order valence-corrected chi connectivity index (χ0v) is 17.2. The number of hydrogen-bond donors (Lipinski definition) is 4. The van der Waals surface area contributed by atoms with Crippen molar-refractivity contribution in [2.24, 2.45) is 0 Å². The van der Waals surface area contributed by atoms with Crippen molar-refractivity contribution in [3.8, 4) is 0 Å². The quantitative estimate of drug-likeness (QED) is 0.481. The molecule has 3 aromatic rings. The molecule has 5 rings (SSSR count). The van der Waals surface area contributed by atoms with Gasteiger partial charge in [-0.25, -0.2) is 0 Å². The van der Waals surface area contributed by atoms with Gasteiger partial charge in [0.1, 0.15) is 5.82 Å². The summed E-state index contributed by atoms with van der Waals surface area (Å²) in [6.45, 7) is 0.210. The summed E-state index contributed by atoms with van der Waals surface area (Å²) in [7, 11) is 0. The fraction of sp³-hybridized carbons (Fsp3) is 0.409. The zero-order valence-electron chi connectivity index (χ0n) is 17.2. The predicted octanol–water partition coefficient (Wildman–Crippen LogP) is 2.07. The first-order chi connectivity index (χ1) is 15.1. The largest absolute Gasteiger partial charge is 0.395 e. The Morgan fingerprint density at radius 2 is 1.97 bits per heavy atom. The number of aliphatic hydroxyl groups excluding tert-OH is 2. The second kappa shape index (κ2) is 8.16. The van der Waals surface area contributed by atoms with Crippen LogP contribution in [0.5, 0.6) is 0 Å². The Bertz CT molecular complexity index is 1110. The Labute approximate surface area is 179 Å². The van der Waals surface area contributed by atoms with Crippen LogP contribution in [0.2, 0.25) is 0 Å². The van der Waals surface area contributed by atoms with Gasteiger partial charge in [-0.3, -0.25) is 4.79 Å². The number of carbonyl (C=O) groups excluding carboxylic acids is 1. The highest BCUT2D eigenvalue weighted by Gasteiger charge is 2.27. The lowest BCUT2D eigenvalue weighted by Gasteiger charge is -2.26. The summed E-state index contributed by atoms with van der Waals surface area (Å²) < 4.78 is 1.78. The highest BCUT2D eigenvalue weighted by molar-refractivity contribution is 6.02. The summed E-state index contributed by atoms with van der Waals surface area (Å²) in [5.74, 6) is 1.33. The molecule has 1 aliphatic carbocycles. The highest BCUT2D eigenvalue weighted by atomic mass is 16.3. The maximum atomic E-state index is 12.2. The van der Waals surface area contributed by atoms with E-state index in [4.69, 9.17) is 0 Å². The number of nitrogens with one attached hydrogen (secondary N) is 2. The molecule has 1 aliphatic heterocycles. The number of anilines is 4. The number of nitrogens with zero attached hydrogens (tertiary/aromatic N) is 4. The fourth-order valence-corrected chi connectivity index (χ4v) is 4.41. The Kier molecular flexibility index (Phi) is 5.21. The zero-order chi connectivity index (χ0) is 21.4. The van der Waals surface area contributed by atoms with Gasteiger partial charge in [0.05, 0.1) is 19.1 Å². The van der Waals surface area contributed by atoms with Crippen molar-refractivity contribution < 1.29 is 15.0 Å². The number of β-amino-alcohol motifs (C(OH)–C–C–N with tert-alkyl or cyclic N) is 1. The van der Waals surface area contributed by atoms with Crippen molar-refractivity contribution in [3.63, 3.8) is 0 Å². The number of pyridine rings is 1. The molecular formula is C22H26N6O3. The topological polar surface area (TPSA) is 115 Å². The lowest BCUT2D eigenvalue weighted by Crippen LogP contribution is -2.29. The summed E-state index contributed by atoms with van der Waals surface area (Å²) >= 11 is 0. The molecule has 0 atom stereocenters. The van der Waals surface area contributed by atoms with Crippen molar-refractivity contribution in [1.82, 2.24) is 14.6 Å². The molecule has 1 amide bonds. The van der Waals surface area contributed by atoms with Gasteiger partial charge >= 0.3 is 0 Å². The molecule has 9 nitrogen and oxygen atoms in total. The summed E-state index contributed by atoms with van der Waals surface area (Å²) in [6, 6.07) is 11.9. The standard InChI is InChI=1S/C22H26N6O3/c29-11-10-27-18-13-16(5-4-14(18)12-21(27)31)24-22-25-20-3-1-2-19(28(20)26-22)23-15-6-8-17(30)9-7-15/h1-5,13,15,17,23,29-30H,6-12H2,(H,24,26)/t15-,17+. The number of hydrogen-bond acceptors (Lipinski definition) is 7. The third-order valence-electron chi connectivity index (χ3n) is 6.01. The summed E-state index contributed by atoms with van der Waals surface area (Å²) in [5.41, 5.74) is 3.27. The lowest BCUT2D eigenvalue weighted by atomic mass is 9.93. The Morgan fingerprint density at radius 3 is 2.77 bits per heavy atom. The van der Waals surface area contributed by atoms with E-state index >= 15 is 0 Å². The molecule has 2 aromatic heterocycles. The number of fused-ring (bicyclic) bond motifs is 2. The van der Waals surface area contributed by atoms with Crippen molar-refractivity contribution in [1.29, 1.82) is 0 Å². The second-order valence-electron chi connectivity index (χ2n) is 8.18. The van der Waals surface area contributed by atoms with Gasteiger partial charge < -0.3 is 25.7 Å². The molecule has 4 N–H and O–H groups in total. The van der Waals surface area contributed by atoms with E-state index in [1.807, 2.05) is 36.4 Å². The van der Waals surface area contributed by atoms with Crippen LogP contribution in [0, 0.1) is 0 Å². The third kappa shape index (κ3) is 3.94. The molecule has 0 bridgehead atoms. The van der Waals surface area contributed by atoms with Crippen molar-refractivity contribution in [2.75, 3.05) is 28.7 Å². The van der Waals surface area contributed by atoms with Crippen molar-refractivity contribution in [2.45, 2.75) is 44.2 Å². The molecule has 2 aliphatic rings. The van der Waals surface area contributed by atoms with E-state index in [1.54, 1.807) is 9.42 Å². The van der Waals surface area contributed by atoms with E-state index in [0.717, 1.165) is 54.1 Å². The van der Waals surface area contributed by atoms with Crippen molar-refractivity contribution >= 4 is 34.7 Å². The van der Waals surface area contributed by atoms with Crippen LogP contribution in [0.3, 0.4) is 0 Å². The molecule has 0 saturated heterocycles. The monoisotopic (exact) mass is 422 g/mol. The molecule has 0 radical (unpaired) electrons. The molecule has 162 valence electrons. The first-order valence-corrected chi connectivity index (χ1v) is 10.7. The molecule has 1 fully saturated rings. The van der Waals surface area contributed by atoms with Gasteiger partial charge in [0, 0.05) is 24.0 Å². The smallest absolute Gasteiger partial charge is 0.247 e. The molecule has 0 spiro atoms. The first kappa shape index (κ1) is 19.8. The minimum absolute atomic E-state index is 0.00185. The number of rotatable bonds is 6. The van der Waals surface area contributed by atoms with Crippen LogP contribution >= 0.6 is 0 Å². The predicted molar refractivity (Wildman–Crippen MR) is 118 cm³/mol. The number of aromatic nitrogens is 3. The number of carbonyl (C=O) groups is 1. The van der Waals surface area contributed by atoms with Gasteiger partial charge in [-0.05, 0) is 55.5 Å². The Morgan fingerprint density at radius 1 is 1.13 bits per heavy atom. The van der Waals surface area contributed by atoms with Crippen LogP contribution in [-0.2, 0) is 11.2 Å². The Hall–Kier alpha value is -3.17. The normalized spacial score (nSPS) is 20.8. The summed E-state index contributed by atoms with van der Waals surface area (Å²) in [5, 5.41) is 30.4. The van der Waals surface area contributed by atoms with Crippen LogP contribution in [-0.4, -0.2) is 56.0 Å². The molecule has 1 aromatic carbocycles. The second-order valence-corrected chi connectivity index (χ2v) is 8.18. The average Bonchev–Trinajstić information content (AvgIpc) is 3.31. The maximum absolute atomic E-state index is 12.2. The van der Waals surface area contributed by atoms with Crippen LogP contribution in [0.1, 0.15) is 31.2 Å². The van der Waals surface area contributed by atoms with Gasteiger partial charge in [0.2, 0.25) is 11.9 Å². The van der Waals surface area contributed by atoms with E-state index in [1.165, 1.54) is 0 Å². The highest BCUT2D eigenvalue weighted by Crippen LogP contribution is 2.32. The van der Waals surface area contributed by atoms with Gasteiger partial charge in [-0.1, -0.05) is 12.1 Å². The minimum Gasteiger partial charge on any atom is -0.395 e. The lowest BCUT2D eigenvalue weighted by molar-refractivity contribution is -0.117. The van der Waals surface area contributed by atoms with E-state index in [9.17, 15) is 15.0 Å². The fourth-order valence-electron chi connectivity index (χ4n) is 4.41. The van der Waals surface area contributed by atoms with Crippen LogP contribution in [0.15, 0.2) is 36.4 Å². The minimum atomic E-state index is -0.188. The SMILES string of the molecule is O=C1Cc2ccc(Nc3nc4cccc(N[C@H]5CC[C@@H](O)CC5)n4n3)cc2N1CCO. The summed E-state index contributed by atoms with van der Waals surface area (Å²) in [6.07, 6.45) is 3.64. The van der Waals surface area contributed by atoms with Gasteiger partial charge in [-0.15, -0.1) is 5.10 Å².